The Balaban J connectivity index is 1.65. The fourth-order valence-electron chi connectivity index (χ4n) is 3.59. The Kier molecular flexibility index (Phi) is 6.26. The summed E-state index contributed by atoms with van der Waals surface area (Å²) in [5, 5.41) is 10.4. The van der Waals surface area contributed by atoms with Gasteiger partial charge in [-0.1, -0.05) is 0 Å². The number of carbonyl (C=O) groups is 1. The molecular formula is C23H24F3N5O2. The smallest absolute Gasteiger partial charge is 0.416 e. The van der Waals surface area contributed by atoms with Crippen LogP contribution in [0.1, 0.15) is 36.2 Å². The summed E-state index contributed by atoms with van der Waals surface area (Å²) in [7, 11) is 1.30. The quantitative estimate of drug-likeness (QED) is 0.542. The number of carbonyl (C=O) groups excluding carboxylic acids is 1. The zero-order valence-corrected chi connectivity index (χ0v) is 18.2. The molecule has 4 rings (SSSR count). The predicted octanol–water partition coefficient (Wildman–Crippen LogP) is 4.56. The maximum Gasteiger partial charge on any atom is 0.416 e. The van der Waals surface area contributed by atoms with Gasteiger partial charge >= 0.3 is 6.18 Å². The fraction of sp³-hybridized carbons (Fsp3) is 0.348. The second-order valence-electron chi connectivity index (χ2n) is 8.03. The number of benzene rings is 1. The van der Waals surface area contributed by atoms with Crippen LogP contribution in [-0.4, -0.2) is 33.8 Å². The number of amides is 1. The molecule has 0 atom stereocenters. The molecule has 1 fully saturated rings. The van der Waals surface area contributed by atoms with Crippen molar-refractivity contribution in [2.24, 2.45) is 0 Å². The van der Waals surface area contributed by atoms with E-state index in [0.717, 1.165) is 37.1 Å². The highest BCUT2D eigenvalue weighted by atomic mass is 19.4. The number of aryl methyl sites for hydroxylation is 1. The van der Waals surface area contributed by atoms with Gasteiger partial charge in [0.25, 0.3) is 0 Å². The maximum atomic E-state index is 13.3. The molecule has 33 heavy (non-hydrogen) atoms. The lowest BCUT2D eigenvalue weighted by Gasteiger charge is -2.26. The van der Waals surface area contributed by atoms with Crippen molar-refractivity contribution in [3.8, 4) is 11.4 Å². The molecule has 2 N–H and O–H groups in total. The van der Waals surface area contributed by atoms with Crippen LogP contribution >= 0.6 is 0 Å². The summed E-state index contributed by atoms with van der Waals surface area (Å²) in [6.45, 7) is 1.84. The first kappa shape index (κ1) is 22.6. The number of anilines is 2. The Hall–Kier alpha value is -3.56. The lowest BCUT2D eigenvalue weighted by molar-refractivity contribution is -0.137. The third-order valence-corrected chi connectivity index (χ3v) is 5.46. The van der Waals surface area contributed by atoms with Gasteiger partial charge < -0.3 is 15.4 Å². The van der Waals surface area contributed by atoms with Gasteiger partial charge in [-0.2, -0.15) is 13.2 Å². The van der Waals surface area contributed by atoms with Crippen LogP contribution in [0.4, 0.5) is 24.7 Å². The van der Waals surface area contributed by atoms with E-state index >= 15 is 0 Å². The number of hydrogen-bond donors (Lipinski definition) is 2. The third-order valence-electron chi connectivity index (χ3n) is 5.46. The number of rotatable bonds is 7. The molecule has 1 aliphatic carbocycles. The Morgan fingerprint density at radius 3 is 2.64 bits per heavy atom. The topological polar surface area (TPSA) is 81.1 Å². The van der Waals surface area contributed by atoms with Crippen molar-refractivity contribution in [3.63, 3.8) is 0 Å². The molecule has 0 unspecified atom stereocenters. The van der Waals surface area contributed by atoms with Crippen LogP contribution in [0.15, 0.2) is 42.6 Å². The summed E-state index contributed by atoms with van der Waals surface area (Å²) in [4.78, 5) is 16.7. The van der Waals surface area contributed by atoms with E-state index in [2.05, 4.69) is 20.7 Å². The second kappa shape index (κ2) is 9.13. The van der Waals surface area contributed by atoms with E-state index in [4.69, 9.17) is 4.74 Å². The van der Waals surface area contributed by atoms with Gasteiger partial charge in [-0.3, -0.25) is 9.78 Å². The number of hydrogen-bond acceptors (Lipinski definition) is 5. The molecule has 2 heterocycles. The Morgan fingerprint density at radius 1 is 1.21 bits per heavy atom. The molecule has 2 aromatic heterocycles. The van der Waals surface area contributed by atoms with Crippen LogP contribution in [-0.2, 0) is 17.4 Å². The Morgan fingerprint density at radius 2 is 2.00 bits per heavy atom. The van der Waals surface area contributed by atoms with Crippen molar-refractivity contribution < 1.29 is 22.7 Å². The van der Waals surface area contributed by atoms with Crippen molar-refractivity contribution in [2.45, 2.75) is 44.8 Å². The number of nitrogens with one attached hydrogen (secondary N) is 2. The first-order valence-electron chi connectivity index (χ1n) is 10.6. The van der Waals surface area contributed by atoms with E-state index in [1.165, 1.54) is 13.2 Å². The molecule has 0 saturated heterocycles. The predicted molar refractivity (Wildman–Crippen MR) is 117 cm³/mol. The second-order valence-corrected chi connectivity index (χ2v) is 8.03. The summed E-state index contributed by atoms with van der Waals surface area (Å²) in [5.74, 6) is 0.243. The summed E-state index contributed by atoms with van der Waals surface area (Å²) in [6, 6.07) is 8.80. The molecule has 7 nitrogen and oxygen atoms in total. The molecule has 0 aliphatic heterocycles. The van der Waals surface area contributed by atoms with Gasteiger partial charge in [0, 0.05) is 35.8 Å². The number of halogens is 3. The third kappa shape index (κ3) is 5.44. The highest BCUT2D eigenvalue weighted by Gasteiger charge is 2.31. The molecule has 1 aromatic carbocycles. The highest BCUT2D eigenvalue weighted by molar-refractivity contribution is 5.79. The molecule has 0 bridgehead atoms. The fourth-order valence-corrected chi connectivity index (χ4v) is 3.59. The lowest BCUT2D eigenvalue weighted by Crippen LogP contribution is -2.40. The van der Waals surface area contributed by atoms with E-state index in [-0.39, 0.29) is 29.8 Å². The van der Waals surface area contributed by atoms with Crippen molar-refractivity contribution in [1.29, 1.82) is 0 Å². The van der Waals surface area contributed by atoms with Gasteiger partial charge in [-0.25, -0.2) is 4.68 Å². The van der Waals surface area contributed by atoms with Crippen LogP contribution in [0, 0.1) is 6.92 Å². The molecule has 174 valence electrons. The summed E-state index contributed by atoms with van der Waals surface area (Å²) in [6.07, 6.45) is 0.239. The van der Waals surface area contributed by atoms with Gasteiger partial charge in [0.15, 0.2) is 5.82 Å². The van der Waals surface area contributed by atoms with Gasteiger partial charge in [0.2, 0.25) is 5.91 Å². The number of alkyl halides is 3. The number of methoxy groups -OCH3 is 1. The van der Waals surface area contributed by atoms with E-state index in [0.29, 0.717) is 17.2 Å². The highest BCUT2D eigenvalue weighted by Crippen LogP contribution is 2.35. The van der Waals surface area contributed by atoms with Crippen molar-refractivity contribution in [2.75, 3.05) is 12.4 Å². The zero-order valence-electron chi connectivity index (χ0n) is 18.2. The molecule has 3 aromatic rings. The van der Waals surface area contributed by atoms with Crippen LogP contribution in [0.25, 0.3) is 5.69 Å². The van der Waals surface area contributed by atoms with Crippen LogP contribution in [0.3, 0.4) is 0 Å². The minimum atomic E-state index is -4.52. The number of aromatic nitrogens is 3. The van der Waals surface area contributed by atoms with E-state index in [1.54, 1.807) is 23.0 Å². The normalized spacial score (nSPS) is 14.0. The van der Waals surface area contributed by atoms with Crippen LogP contribution < -0.4 is 15.4 Å². The molecule has 0 radical (unpaired) electrons. The van der Waals surface area contributed by atoms with E-state index in [9.17, 15) is 18.0 Å². The molecule has 10 heteroatoms. The van der Waals surface area contributed by atoms with Gasteiger partial charge in [-0.15, -0.1) is 5.10 Å². The maximum absolute atomic E-state index is 13.3. The molecule has 1 aliphatic rings. The summed E-state index contributed by atoms with van der Waals surface area (Å²) in [5.41, 5.74) is 1.39. The van der Waals surface area contributed by atoms with E-state index in [1.807, 2.05) is 13.0 Å². The first-order chi connectivity index (χ1) is 15.7. The van der Waals surface area contributed by atoms with Crippen molar-refractivity contribution >= 4 is 17.4 Å². The number of pyridine rings is 1. The lowest BCUT2D eigenvalue weighted by atomic mass is 9.93. The minimum Gasteiger partial charge on any atom is -0.497 e. The first-order valence-corrected chi connectivity index (χ1v) is 10.6. The number of nitrogens with zero attached hydrogens (tertiary/aromatic N) is 3. The average molecular weight is 459 g/mol. The molecule has 0 spiro atoms. The molecule has 1 amide bonds. The molecular weight excluding hydrogens is 435 g/mol. The van der Waals surface area contributed by atoms with Crippen LogP contribution in [0.5, 0.6) is 5.75 Å². The largest absolute Gasteiger partial charge is 0.497 e. The van der Waals surface area contributed by atoms with Crippen molar-refractivity contribution in [1.82, 2.24) is 20.1 Å². The van der Waals surface area contributed by atoms with Crippen molar-refractivity contribution in [3.05, 3.63) is 59.5 Å². The SMILES string of the molecule is COc1cc(Nc2cc(CC(=O)NC3CCC3)n(-c3ccnc(C)c3)n2)cc(C(F)(F)F)c1. The Bertz CT molecular complexity index is 1160. The summed E-state index contributed by atoms with van der Waals surface area (Å²) < 4.78 is 46.5. The van der Waals surface area contributed by atoms with Crippen LogP contribution in [0.2, 0.25) is 0 Å². The summed E-state index contributed by atoms with van der Waals surface area (Å²) >= 11 is 0. The average Bonchev–Trinajstić information content (AvgIpc) is 3.11. The minimum absolute atomic E-state index is 0.0663. The standard InChI is InChI=1S/C23H24F3N5O2/c1-14-8-18(6-7-27-14)31-19(13-22(32)29-16-4-3-5-16)12-21(30-31)28-17-9-15(23(24,25)26)10-20(11-17)33-2/h6-12,16H,3-5,13H2,1-2H3,(H,28,30)(H,29,32). The number of ether oxygens (including phenoxy) is 1. The zero-order chi connectivity index (χ0) is 23.6. The van der Waals surface area contributed by atoms with E-state index < -0.39 is 11.7 Å². The molecule has 1 saturated carbocycles. The van der Waals surface area contributed by atoms with Gasteiger partial charge in [0.1, 0.15) is 5.75 Å². The van der Waals surface area contributed by atoms with Gasteiger partial charge in [0.05, 0.1) is 30.5 Å². The Labute approximate surface area is 189 Å². The van der Waals surface area contributed by atoms with Gasteiger partial charge in [-0.05, 0) is 50.5 Å². The monoisotopic (exact) mass is 459 g/mol.